The maximum atomic E-state index is 11.8. The van der Waals surface area contributed by atoms with Gasteiger partial charge in [-0.3, -0.25) is 9.59 Å². The van der Waals surface area contributed by atoms with Crippen LogP contribution in [0.25, 0.3) is 0 Å². The molecule has 1 heterocycles. The van der Waals surface area contributed by atoms with Gasteiger partial charge in [0.25, 0.3) is 0 Å². The Morgan fingerprint density at radius 1 is 1.39 bits per heavy atom. The summed E-state index contributed by atoms with van der Waals surface area (Å²) in [6, 6.07) is -0.225. The van der Waals surface area contributed by atoms with E-state index in [-0.39, 0.29) is 17.9 Å². The fraction of sp³-hybridized carbons (Fsp3) is 0.846. The minimum absolute atomic E-state index is 0.0512. The van der Waals surface area contributed by atoms with Crippen molar-refractivity contribution in [1.29, 1.82) is 0 Å². The highest BCUT2D eigenvalue weighted by Gasteiger charge is 2.23. The predicted molar refractivity (Wildman–Crippen MR) is 70.9 cm³/mol. The molecule has 0 aromatic rings. The molecular weight excluding hydrogens is 230 g/mol. The van der Waals surface area contributed by atoms with Crippen molar-refractivity contribution in [2.45, 2.75) is 58.0 Å². The van der Waals surface area contributed by atoms with E-state index >= 15 is 0 Å². The second-order valence-corrected chi connectivity index (χ2v) is 5.04. The first kappa shape index (κ1) is 15.0. The van der Waals surface area contributed by atoms with Gasteiger partial charge in [0.05, 0.1) is 6.04 Å². The Morgan fingerprint density at radius 2 is 2.00 bits per heavy atom. The molecule has 0 saturated carbocycles. The first-order valence-corrected chi connectivity index (χ1v) is 6.86. The molecule has 5 nitrogen and oxygen atoms in total. The Hall–Kier alpha value is -1.10. The molecule has 18 heavy (non-hydrogen) atoms. The monoisotopic (exact) mass is 255 g/mol. The van der Waals surface area contributed by atoms with Crippen LogP contribution in [0.4, 0.5) is 0 Å². The Kier molecular flexibility index (Phi) is 6.12. The molecule has 0 bridgehead atoms. The third-order valence-corrected chi connectivity index (χ3v) is 3.49. The lowest BCUT2D eigenvalue weighted by Gasteiger charge is -2.32. The van der Waals surface area contributed by atoms with Gasteiger partial charge in [-0.15, -0.1) is 0 Å². The second kappa shape index (κ2) is 7.36. The van der Waals surface area contributed by atoms with Gasteiger partial charge in [-0.1, -0.05) is 19.8 Å². The molecule has 1 saturated heterocycles. The molecule has 2 amide bonds. The third kappa shape index (κ3) is 4.64. The highest BCUT2D eigenvalue weighted by atomic mass is 16.2. The Labute approximate surface area is 109 Å². The number of piperidine rings is 1. The number of likely N-dealkylation sites (tertiary alicyclic amines) is 1. The van der Waals surface area contributed by atoms with Gasteiger partial charge in [0.1, 0.15) is 0 Å². The number of carbonyl (C=O) groups is 2. The molecule has 0 aliphatic carbocycles. The summed E-state index contributed by atoms with van der Waals surface area (Å²) in [5, 5.41) is 2.99. The van der Waals surface area contributed by atoms with Crippen LogP contribution in [0.3, 0.4) is 0 Å². The quantitative estimate of drug-likeness (QED) is 0.756. The third-order valence-electron chi connectivity index (χ3n) is 3.49. The van der Waals surface area contributed by atoms with Crippen LogP contribution in [-0.2, 0) is 9.59 Å². The SMILES string of the molecule is CCCCC(N)C(=O)NC1CCN(C(C)=O)CC1. The highest BCUT2D eigenvalue weighted by Crippen LogP contribution is 2.10. The fourth-order valence-corrected chi connectivity index (χ4v) is 2.20. The van der Waals surface area contributed by atoms with Crippen molar-refractivity contribution in [3.8, 4) is 0 Å². The summed E-state index contributed by atoms with van der Waals surface area (Å²) in [5.41, 5.74) is 5.82. The first-order valence-electron chi connectivity index (χ1n) is 6.86. The predicted octanol–water partition coefficient (Wildman–Crippen LogP) is 0.631. The number of hydrogen-bond donors (Lipinski definition) is 2. The van der Waals surface area contributed by atoms with E-state index in [2.05, 4.69) is 12.2 Å². The molecule has 104 valence electrons. The van der Waals surface area contributed by atoms with Crippen molar-refractivity contribution in [1.82, 2.24) is 10.2 Å². The number of nitrogens with one attached hydrogen (secondary N) is 1. The summed E-state index contributed by atoms with van der Waals surface area (Å²) in [4.78, 5) is 24.8. The van der Waals surface area contributed by atoms with Crippen LogP contribution in [-0.4, -0.2) is 41.9 Å². The van der Waals surface area contributed by atoms with Gasteiger partial charge >= 0.3 is 0 Å². The van der Waals surface area contributed by atoms with Gasteiger partial charge in [0.15, 0.2) is 0 Å². The van der Waals surface area contributed by atoms with Gasteiger partial charge < -0.3 is 16.0 Å². The van der Waals surface area contributed by atoms with Crippen LogP contribution in [0, 0.1) is 0 Å². The van der Waals surface area contributed by atoms with Crippen LogP contribution in [0.1, 0.15) is 46.0 Å². The van der Waals surface area contributed by atoms with E-state index in [0.717, 1.165) is 45.2 Å². The maximum Gasteiger partial charge on any atom is 0.237 e. The molecule has 5 heteroatoms. The summed E-state index contributed by atoms with van der Waals surface area (Å²) in [6.45, 7) is 5.12. The molecule has 0 aromatic carbocycles. The van der Waals surface area contributed by atoms with E-state index in [0.29, 0.717) is 0 Å². The van der Waals surface area contributed by atoms with Crippen molar-refractivity contribution in [2.75, 3.05) is 13.1 Å². The molecule has 1 aliphatic heterocycles. The zero-order valence-electron chi connectivity index (χ0n) is 11.4. The van der Waals surface area contributed by atoms with Crippen LogP contribution < -0.4 is 11.1 Å². The molecule has 1 unspecified atom stereocenters. The van der Waals surface area contributed by atoms with Crippen LogP contribution >= 0.6 is 0 Å². The first-order chi connectivity index (χ1) is 8.54. The Balaban J connectivity index is 2.27. The van der Waals surface area contributed by atoms with Crippen LogP contribution in [0.2, 0.25) is 0 Å². The molecule has 0 radical (unpaired) electrons. The normalized spacial score (nSPS) is 18.5. The smallest absolute Gasteiger partial charge is 0.237 e. The molecule has 1 aliphatic rings. The van der Waals surface area contributed by atoms with Crippen molar-refractivity contribution in [3.05, 3.63) is 0 Å². The van der Waals surface area contributed by atoms with Gasteiger partial charge in [0, 0.05) is 26.1 Å². The summed E-state index contributed by atoms with van der Waals surface area (Å²) in [6.07, 6.45) is 4.43. The Bertz CT molecular complexity index is 286. The van der Waals surface area contributed by atoms with Gasteiger partial charge in [-0.2, -0.15) is 0 Å². The van der Waals surface area contributed by atoms with Crippen molar-refractivity contribution >= 4 is 11.8 Å². The van der Waals surface area contributed by atoms with E-state index in [4.69, 9.17) is 5.73 Å². The van der Waals surface area contributed by atoms with Crippen molar-refractivity contribution < 1.29 is 9.59 Å². The largest absolute Gasteiger partial charge is 0.352 e. The molecule has 3 N–H and O–H groups in total. The summed E-state index contributed by atoms with van der Waals surface area (Å²) in [5.74, 6) is 0.0594. The lowest BCUT2D eigenvalue weighted by atomic mass is 10.0. The van der Waals surface area contributed by atoms with Gasteiger partial charge in [-0.25, -0.2) is 0 Å². The lowest BCUT2D eigenvalue weighted by molar-refractivity contribution is -0.130. The zero-order valence-corrected chi connectivity index (χ0v) is 11.4. The number of nitrogens with zero attached hydrogens (tertiary/aromatic N) is 1. The summed E-state index contributed by atoms with van der Waals surface area (Å²) in [7, 11) is 0. The number of unbranched alkanes of at least 4 members (excludes halogenated alkanes) is 1. The average Bonchev–Trinajstić information content (AvgIpc) is 2.36. The number of amides is 2. The summed E-state index contributed by atoms with van der Waals surface area (Å²) < 4.78 is 0. The van der Waals surface area contributed by atoms with Crippen molar-refractivity contribution in [2.24, 2.45) is 5.73 Å². The van der Waals surface area contributed by atoms with Gasteiger partial charge in [-0.05, 0) is 19.3 Å². The average molecular weight is 255 g/mol. The molecule has 1 atom stereocenters. The van der Waals surface area contributed by atoms with E-state index in [1.807, 2.05) is 4.90 Å². The molecule has 0 spiro atoms. The zero-order chi connectivity index (χ0) is 13.5. The van der Waals surface area contributed by atoms with E-state index in [1.165, 1.54) is 0 Å². The van der Waals surface area contributed by atoms with Crippen LogP contribution in [0.5, 0.6) is 0 Å². The van der Waals surface area contributed by atoms with Crippen molar-refractivity contribution in [3.63, 3.8) is 0 Å². The molecule has 1 rings (SSSR count). The minimum atomic E-state index is -0.393. The number of nitrogens with two attached hydrogens (primary N) is 1. The Morgan fingerprint density at radius 3 is 2.50 bits per heavy atom. The number of rotatable bonds is 5. The van der Waals surface area contributed by atoms with E-state index < -0.39 is 6.04 Å². The van der Waals surface area contributed by atoms with Gasteiger partial charge in [0.2, 0.25) is 11.8 Å². The maximum absolute atomic E-state index is 11.8. The molecule has 1 fully saturated rings. The molecular formula is C13H25N3O2. The minimum Gasteiger partial charge on any atom is -0.352 e. The van der Waals surface area contributed by atoms with Crippen LogP contribution in [0.15, 0.2) is 0 Å². The highest BCUT2D eigenvalue weighted by molar-refractivity contribution is 5.81. The lowest BCUT2D eigenvalue weighted by Crippen LogP contribution is -2.50. The number of hydrogen-bond acceptors (Lipinski definition) is 3. The topological polar surface area (TPSA) is 75.4 Å². The van der Waals surface area contributed by atoms with E-state index in [9.17, 15) is 9.59 Å². The molecule has 0 aromatic heterocycles. The summed E-state index contributed by atoms with van der Waals surface area (Å²) >= 11 is 0. The number of carbonyl (C=O) groups excluding carboxylic acids is 2. The second-order valence-electron chi connectivity index (χ2n) is 5.04. The fourth-order valence-electron chi connectivity index (χ4n) is 2.20. The standard InChI is InChI=1S/C13H25N3O2/c1-3-4-5-12(14)13(18)15-11-6-8-16(9-7-11)10(2)17/h11-12H,3-9,14H2,1-2H3,(H,15,18). The van der Waals surface area contributed by atoms with E-state index in [1.54, 1.807) is 6.92 Å².